The average Bonchev–Trinajstić information content (AvgIpc) is 3.15. The predicted molar refractivity (Wildman–Crippen MR) is 192 cm³/mol. The molecular weight excluding hydrogens is 657 g/mol. The summed E-state index contributed by atoms with van der Waals surface area (Å²) in [5, 5.41) is 18.4. The average molecular weight is 709 g/mol. The van der Waals surface area contributed by atoms with E-state index >= 15 is 13.2 Å². The summed E-state index contributed by atoms with van der Waals surface area (Å²) >= 11 is 0. The van der Waals surface area contributed by atoms with Gasteiger partial charge in [-0.25, -0.2) is 18.0 Å². The van der Waals surface area contributed by atoms with Gasteiger partial charge in [-0.1, -0.05) is 74.9 Å². The minimum absolute atomic E-state index is 0.000874. The first kappa shape index (κ1) is 39.8. The molecule has 1 aliphatic carbocycles. The number of aryl methyl sites for hydroxylation is 1. The molecule has 1 aliphatic rings. The molecule has 1 unspecified atom stereocenters. The van der Waals surface area contributed by atoms with Crippen molar-refractivity contribution < 1.29 is 42.4 Å². The topological polar surface area (TPSA) is 93.1 Å². The highest BCUT2D eigenvalue weighted by Gasteiger charge is 2.26. The molecule has 0 spiro atoms. The number of rotatable bonds is 18. The second kappa shape index (κ2) is 19.6. The van der Waals surface area contributed by atoms with Gasteiger partial charge in [-0.15, -0.1) is 0 Å². The maximum Gasteiger partial charge on any atom is 0.335 e. The smallest absolute Gasteiger partial charge is 0.335 e. The summed E-state index contributed by atoms with van der Waals surface area (Å²) < 4.78 is 56.8. The molecule has 4 rings (SSSR count). The lowest BCUT2D eigenvalue weighted by molar-refractivity contribution is -0.152. The lowest BCUT2D eigenvalue weighted by Gasteiger charge is -2.30. The summed E-state index contributed by atoms with van der Waals surface area (Å²) in [6.07, 6.45) is 9.18. The minimum atomic E-state index is -1.07. The molecule has 1 fully saturated rings. The molecule has 0 aromatic heterocycles. The normalized spacial score (nSPS) is 17.1. The maximum absolute atomic E-state index is 15.5. The van der Waals surface area contributed by atoms with Gasteiger partial charge in [0.05, 0.1) is 37.9 Å². The Bertz CT molecular complexity index is 1610. The van der Waals surface area contributed by atoms with Crippen LogP contribution in [0.3, 0.4) is 0 Å². The zero-order valence-electron chi connectivity index (χ0n) is 29.8. The van der Waals surface area contributed by atoms with Crippen LogP contribution >= 0.6 is 0 Å². The zero-order valence-corrected chi connectivity index (χ0v) is 29.8. The minimum Gasteiger partial charge on any atom is -0.465 e. The Morgan fingerprint density at radius 3 is 2.16 bits per heavy atom. The Labute approximate surface area is 299 Å². The Morgan fingerprint density at radius 2 is 1.51 bits per heavy atom. The highest BCUT2D eigenvalue weighted by Crippen LogP contribution is 2.40. The van der Waals surface area contributed by atoms with Gasteiger partial charge in [0, 0.05) is 22.6 Å². The fraction of sp³-hybridized carbons (Fsp3) is 0.476. The van der Waals surface area contributed by atoms with E-state index in [1.54, 1.807) is 25.1 Å². The fourth-order valence-electron chi connectivity index (χ4n) is 6.66. The van der Waals surface area contributed by atoms with E-state index in [2.05, 4.69) is 13.5 Å². The van der Waals surface area contributed by atoms with Crippen molar-refractivity contribution in [2.75, 3.05) is 26.4 Å². The van der Waals surface area contributed by atoms with E-state index in [1.807, 2.05) is 12.1 Å². The van der Waals surface area contributed by atoms with Crippen molar-refractivity contribution in [3.63, 3.8) is 0 Å². The van der Waals surface area contributed by atoms with Gasteiger partial charge in [0.25, 0.3) is 0 Å². The lowest BCUT2D eigenvalue weighted by atomic mass is 9.76. The van der Waals surface area contributed by atoms with Gasteiger partial charge in [0.1, 0.15) is 5.82 Å². The molecule has 6 nitrogen and oxygen atoms in total. The number of carbonyl (C=O) groups excluding carboxylic acids is 2. The van der Waals surface area contributed by atoms with E-state index < -0.39 is 41.9 Å². The van der Waals surface area contributed by atoms with Gasteiger partial charge >= 0.3 is 11.9 Å². The Hall–Kier alpha value is -3.95. The quantitative estimate of drug-likeness (QED) is 0.0778. The molecule has 0 saturated heterocycles. The summed E-state index contributed by atoms with van der Waals surface area (Å²) in [5.41, 5.74) is 2.53. The summed E-state index contributed by atoms with van der Waals surface area (Å²) in [5.74, 6) is -4.34. The number of ether oxygens (including phenoxy) is 2. The van der Waals surface area contributed by atoms with Crippen molar-refractivity contribution >= 4 is 11.9 Å². The number of aliphatic hydroxyl groups is 2. The second-order valence-corrected chi connectivity index (χ2v) is 13.9. The lowest BCUT2D eigenvalue weighted by Crippen LogP contribution is -2.26. The van der Waals surface area contributed by atoms with Crippen LogP contribution in [0.5, 0.6) is 0 Å². The molecule has 3 aromatic carbocycles. The molecule has 0 heterocycles. The van der Waals surface area contributed by atoms with Gasteiger partial charge in [-0.3, -0.25) is 4.79 Å². The van der Waals surface area contributed by atoms with Crippen molar-refractivity contribution in [1.29, 1.82) is 0 Å². The molecule has 2 atom stereocenters. The SMILES string of the molecule is C=C(CO)C(=O)OCC(CCC1CCC(c2ccc(-c3ccc(-c4ccc(CCCCC)cc4)c(F)c3F)c(F)c2)CC1)COC(=O)[C@@H](C)CO. The third kappa shape index (κ3) is 11.0. The first-order valence-electron chi connectivity index (χ1n) is 18.2. The molecule has 9 heteroatoms. The van der Waals surface area contributed by atoms with Crippen molar-refractivity contribution in [1.82, 2.24) is 0 Å². The standard InChI is InChI=1S/C42H51F3O6/c1-4-5-6-7-29-12-16-33(17-13-29)35-20-21-37(40(45)39(35)44)36-19-18-34(22-38(36)43)32-14-10-30(11-15-32)8-9-31(25-50-41(48)27(2)23-46)26-51-42(49)28(3)24-47/h12-13,16-22,28,30-32,46-47H,2,4-11,14-15,23-26H2,1,3H3/t28-,30?,31?,32?/m0/s1. The van der Waals surface area contributed by atoms with E-state index in [9.17, 15) is 14.7 Å². The van der Waals surface area contributed by atoms with E-state index in [0.717, 1.165) is 68.9 Å². The van der Waals surface area contributed by atoms with Crippen LogP contribution in [-0.2, 0) is 25.5 Å². The highest BCUT2D eigenvalue weighted by molar-refractivity contribution is 5.87. The summed E-state index contributed by atoms with van der Waals surface area (Å²) in [6.45, 7) is 6.37. The molecule has 0 radical (unpaired) electrons. The Morgan fingerprint density at radius 1 is 0.863 bits per heavy atom. The van der Waals surface area contributed by atoms with Crippen LogP contribution in [0.1, 0.15) is 88.7 Å². The second-order valence-electron chi connectivity index (χ2n) is 13.9. The number of benzene rings is 3. The number of halogens is 3. The number of hydrogen-bond donors (Lipinski definition) is 2. The van der Waals surface area contributed by atoms with Gasteiger partial charge in [-0.2, -0.15) is 0 Å². The molecule has 2 N–H and O–H groups in total. The monoisotopic (exact) mass is 708 g/mol. The predicted octanol–water partition coefficient (Wildman–Crippen LogP) is 9.10. The summed E-state index contributed by atoms with van der Waals surface area (Å²) in [7, 11) is 0. The van der Waals surface area contributed by atoms with Crippen molar-refractivity contribution in [2.24, 2.45) is 17.8 Å². The number of unbranched alkanes of at least 4 members (excludes halogenated alkanes) is 2. The first-order valence-corrected chi connectivity index (χ1v) is 18.2. The van der Waals surface area contributed by atoms with E-state index in [0.29, 0.717) is 17.9 Å². The molecule has 0 aliphatic heterocycles. The van der Waals surface area contributed by atoms with Crippen LogP contribution in [0, 0.1) is 35.2 Å². The van der Waals surface area contributed by atoms with E-state index in [1.165, 1.54) is 24.3 Å². The highest BCUT2D eigenvalue weighted by atomic mass is 19.2. The van der Waals surface area contributed by atoms with Crippen molar-refractivity contribution in [3.8, 4) is 22.3 Å². The molecule has 51 heavy (non-hydrogen) atoms. The third-order valence-corrected chi connectivity index (χ3v) is 10.1. The number of aliphatic hydroxyl groups excluding tert-OH is 2. The Kier molecular flexibility index (Phi) is 15.3. The first-order chi connectivity index (χ1) is 24.6. The van der Waals surface area contributed by atoms with E-state index in [4.69, 9.17) is 14.6 Å². The van der Waals surface area contributed by atoms with Crippen LogP contribution in [0.15, 0.2) is 66.7 Å². The molecule has 3 aromatic rings. The summed E-state index contributed by atoms with van der Waals surface area (Å²) in [6, 6.07) is 15.2. The van der Waals surface area contributed by atoms with Gasteiger partial charge in [0.15, 0.2) is 11.6 Å². The molecule has 1 saturated carbocycles. The Balaban J connectivity index is 1.34. The van der Waals surface area contributed by atoms with Crippen LogP contribution in [-0.4, -0.2) is 48.6 Å². The number of hydrogen-bond acceptors (Lipinski definition) is 6. The van der Waals surface area contributed by atoms with Gasteiger partial charge in [-0.05, 0) is 92.9 Å². The van der Waals surface area contributed by atoms with Gasteiger partial charge < -0.3 is 19.7 Å². The molecule has 0 bridgehead atoms. The molecule has 276 valence electrons. The summed E-state index contributed by atoms with van der Waals surface area (Å²) in [4.78, 5) is 24.1. The van der Waals surface area contributed by atoms with Gasteiger partial charge in [0.2, 0.25) is 0 Å². The largest absolute Gasteiger partial charge is 0.465 e. The number of carbonyl (C=O) groups is 2. The van der Waals surface area contributed by atoms with Crippen LogP contribution in [0.2, 0.25) is 0 Å². The fourth-order valence-corrected chi connectivity index (χ4v) is 6.66. The molecule has 0 amide bonds. The zero-order chi connectivity index (χ0) is 36.9. The van der Waals surface area contributed by atoms with Crippen molar-refractivity contribution in [3.05, 3.63) is 95.3 Å². The van der Waals surface area contributed by atoms with E-state index in [-0.39, 0.29) is 53.9 Å². The third-order valence-electron chi connectivity index (χ3n) is 10.1. The van der Waals surface area contributed by atoms with Crippen molar-refractivity contribution in [2.45, 2.75) is 84.0 Å². The molecular formula is C42H51F3O6. The van der Waals surface area contributed by atoms with Crippen LogP contribution < -0.4 is 0 Å². The number of esters is 2. The van der Waals surface area contributed by atoms with Crippen LogP contribution in [0.25, 0.3) is 22.3 Å². The van der Waals surface area contributed by atoms with Crippen LogP contribution in [0.4, 0.5) is 13.2 Å². The maximum atomic E-state index is 15.5.